The quantitative estimate of drug-likeness (QED) is 0.289. The number of anilines is 2. The van der Waals surface area contributed by atoms with Gasteiger partial charge >= 0.3 is 8.60 Å². The number of rotatable bonds is 4. The van der Waals surface area contributed by atoms with Crippen molar-refractivity contribution in [2.45, 2.75) is 6.92 Å². The predicted molar refractivity (Wildman–Crippen MR) is 91.5 cm³/mol. The molecule has 0 aliphatic heterocycles. The van der Waals surface area contributed by atoms with Crippen LogP contribution in [0.15, 0.2) is 60.7 Å². The van der Waals surface area contributed by atoms with Crippen LogP contribution < -0.4 is 22.5 Å². The van der Waals surface area contributed by atoms with E-state index in [0.717, 1.165) is 11.4 Å². The molecule has 0 saturated carbocycles. The third kappa shape index (κ3) is 12.0. The molecule has 22 heavy (non-hydrogen) atoms. The topological polar surface area (TPSA) is 126 Å². The standard InChI is InChI=1S/2C6H8N2.C2H7O3P/c2*7-8-6-4-2-1-3-5-6;1-2-5-6(3)4/h2*1-5,8H,7H2;3-4H,2H2,1H3. The van der Waals surface area contributed by atoms with Gasteiger partial charge in [0.15, 0.2) is 0 Å². The van der Waals surface area contributed by atoms with Gasteiger partial charge in [-0.3, -0.25) is 11.7 Å². The molecule has 8 N–H and O–H groups in total. The molecule has 0 unspecified atom stereocenters. The minimum absolute atomic E-state index is 0.360. The fourth-order valence-electron chi connectivity index (χ4n) is 1.18. The van der Waals surface area contributed by atoms with Crippen molar-refractivity contribution in [3.8, 4) is 0 Å². The first-order valence-corrected chi connectivity index (χ1v) is 7.64. The minimum atomic E-state index is -2.10. The third-order valence-corrected chi connectivity index (χ3v) is 2.61. The largest absolute Gasteiger partial charge is 0.328 e. The molecule has 0 radical (unpaired) electrons. The molecule has 2 rings (SSSR count). The van der Waals surface area contributed by atoms with Gasteiger partial charge in [0.1, 0.15) is 0 Å². The molecule has 0 aromatic heterocycles. The van der Waals surface area contributed by atoms with Crippen LogP contribution >= 0.6 is 8.60 Å². The van der Waals surface area contributed by atoms with Crippen molar-refractivity contribution in [1.29, 1.82) is 0 Å². The third-order valence-electron chi connectivity index (χ3n) is 2.13. The van der Waals surface area contributed by atoms with Crippen molar-refractivity contribution in [2.24, 2.45) is 11.7 Å². The Balaban J connectivity index is 0.000000306. The Kier molecular flexibility index (Phi) is 13.1. The molecular weight excluding hydrogens is 303 g/mol. The molecule has 122 valence electrons. The molecule has 0 aliphatic rings. The summed E-state index contributed by atoms with van der Waals surface area (Å²) in [6.45, 7) is 2.06. The molecule has 0 heterocycles. The van der Waals surface area contributed by atoms with Crippen LogP contribution in [0.2, 0.25) is 0 Å². The fraction of sp³-hybridized carbons (Fsp3) is 0.143. The van der Waals surface area contributed by atoms with Crippen LogP contribution in [0.25, 0.3) is 0 Å². The van der Waals surface area contributed by atoms with E-state index >= 15 is 0 Å². The molecule has 0 amide bonds. The van der Waals surface area contributed by atoms with E-state index in [2.05, 4.69) is 15.4 Å². The minimum Gasteiger partial charge on any atom is -0.328 e. The summed E-state index contributed by atoms with van der Waals surface area (Å²) in [6.07, 6.45) is 0. The summed E-state index contributed by atoms with van der Waals surface area (Å²) >= 11 is 0. The number of nitrogens with two attached hydrogens (primary N) is 2. The highest BCUT2D eigenvalue weighted by Gasteiger charge is 1.91. The highest BCUT2D eigenvalue weighted by molar-refractivity contribution is 7.39. The lowest BCUT2D eigenvalue weighted by molar-refractivity contribution is 0.269. The number of nitrogen functional groups attached to an aromatic ring is 2. The van der Waals surface area contributed by atoms with Crippen molar-refractivity contribution < 1.29 is 14.3 Å². The number of hydrazine groups is 2. The summed E-state index contributed by atoms with van der Waals surface area (Å²) < 4.78 is 4.22. The van der Waals surface area contributed by atoms with Crippen LogP contribution in [0.3, 0.4) is 0 Å². The molecule has 2 aromatic carbocycles. The fourth-order valence-corrected chi connectivity index (χ4v) is 1.42. The molecule has 0 fully saturated rings. The van der Waals surface area contributed by atoms with E-state index in [1.807, 2.05) is 60.7 Å². The van der Waals surface area contributed by atoms with Crippen LogP contribution in [-0.2, 0) is 4.52 Å². The molecular formula is C14H23N4O3P. The van der Waals surface area contributed by atoms with Gasteiger partial charge in [0.25, 0.3) is 0 Å². The smallest absolute Gasteiger partial charge is 0.327 e. The SMILES string of the molecule is CCOP(O)O.NNc1ccccc1.NNc1ccccc1. The number of hydrogen-bond acceptors (Lipinski definition) is 7. The van der Waals surface area contributed by atoms with Gasteiger partial charge in [-0.05, 0) is 31.2 Å². The number of benzene rings is 2. The maximum absolute atomic E-state index is 7.95. The molecule has 0 atom stereocenters. The maximum Gasteiger partial charge on any atom is 0.327 e. The molecule has 2 aromatic rings. The molecule has 8 heteroatoms. The Labute approximate surface area is 131 Å². The predicted octanol–water partition coefficient (Wildman–Crippen LogP) is 2.18. The van der Waals surface area contributed by atoms with Gasteiger partial charge in [-0.1, -0.05) is 36.4 Å². The molecule has 0 bridgehead atoms. The summed E-state index contributed by atoms with van der Waals surface area (Å²) in [7, 11) is -2.10. The zero-order valence-electron chi connectivity index (χ0n) is 12.4. The normalized spacial score (nSPS) is 9.00. The average Bonchev–Trinajstić information content (AvgIpc) is 2.57. The van der Waals surface area contributed by atoms with E-state index in [1.54, 1.807) is 6.92 Å². The number of hydrogen-bond donors (Lipinski definition) is 6. The van der Waals surface area contributed by atoms with Crippen molar-refractivity contribution >= 4 is 20.0 Å². The van der Waals surface area contributed by atoms with Gasteiger partial charge < -0.3 is 25.2 Å². The average molecular weight is 326 g/mol. The van der Waals surface area contributed by atoms with Crippen LogP contribution in [0.1, 0.15) is 6.92 Å². The van der Waals surface area contributed by atoms with Crippen molar-refractivity contribution in [3.05, 3.63) is 60.7 Å². The zero-order chi connectivity index (χ0) is 16.6. The molecule has 0 saturated heterocycles. The Hall–Kier alpha value is -1.73. The van der Waals surface area contributed by atoms with Crippen LogP contribution in [0.5, 0.6) is 0 Å². The van der Waals surface area contributed by atoms with Gasteiger partial charge in [0, 0.05) is 11.4 Å². The van der Waals surface area contributed by atoms with Gasteiger partial charge in [-0.25, -0.2) is 0 Å². The highest BCUT2D eigenvalue weighted by Crippen LogP contribution is 2.22. The first-order valence-electron chi connectivity index (χ1n) is 6.48. The molecule has 0 aliphatic carbocycles. The van der Waals surface area contributed by atoms with E-state index in [9.17, 15) is 0 Å². The van der Waals surface area contributed by atoms with Crippen LogP contribution in [0, 0.1) is 0 Å². The van der Waals surface area contributed by atoms with E-state index in [4.69, 9.17) is 21.5 Å². The van der Waals surface area contributed by atoms with Gasteiger partial charge in [0.05, 0.1) is 6.61 Å². The van der Waals surface area contributed by atoms with Crippen molar-refractivity contribution in [3.63, 3.8) is 0 Å². The van der Waals surface area contributed by atoms with E-state index in [1.165, 1.54) is 0 Å². The lowest BCUT2D eigenvalue weighted by Crippen LogP contribution is -2.05. The number of para-hydroxylation sites is 2. The Bertz CT molecular complexity index is 421. The summed E-state index contributed by atoms with van der Waals surface area (Å²) in [5.74, 6) is 10.2. The van der Waals surface area contributed by atoms with Crippen molar-refractivity contribution in [2.75, 3.05) is 17.5 Å². The maximum atomic E-state index is 7.95. The lowest BCUT2D eigenvalue weighted by atomic mass is 10.3. The van der Waals surface area contributed by atoms with Gasteiger partial charge in [0.2, 0.25) is 0 Å². The Morgan fingerprint density at radius 1 is 0.864 bits per heavy atom. The number of nitrogens with one attached hydrogen (secondary N) is 2. The van der Waals surface area contributed by atoms with E-state index in [-0.39, 0.29) is 0 Å². The summed E-state index contributed by atoms with van der Waals surface area (Å²) in [4.78, 5) is 15.9. The highest BCUT2D eigenvalue weighted by atomic mass is 31.2. The monoisotopic (exact) mass is 326 g/mol. The first kappa shape index (κ1) is 20.3. The molecule has 0 spiro atoms. The second-order valence-corrected chi connectivity index (χ2v) is 4.45. The second-order valence-electron chi connectivity index (χ2n) is 3.69. The van der Waals surface area contributed by atoms with Crippen molar-refractivity contribution in [1.82, 2.24) is 0 Å². The van der Waals surface area contributed by atoms with Gasteiger partial charge in [-0.2, -0.15) is 0 Å². The van der Waals surface area contributed by atoms with Crippen LogP contribution in [0.4, 0.5) is 11.4 Å². The lowest BCUT2D eigenvalue weighted by Gasteiger charge is -1.95. The summed E-state index contributed by atoms with van der Waals surface area (Å²) in [6, 6.07) is 19.2. The second kappa shape index (κ2) is 14.2. The van der Waals surface area contributed by atoms with Crippen LogP contribution in [-0.4, -0.2) is 16.4 Å². The van der Waals surface area contributed by atoms with E-state index in [0.29, 0.717) is 6.61 Å². The summed E-state index contributed by atoms with van der Waals surface area (Å²) in [5.41, 5.74) is 6.93. The zero-order valence-corrected chi connectivity index (χ0v) is 13.3. The Morgan fingerprint density at radius 2 is 1.23 bits per heavy atom. The summed E-state index contributed by atoms with van der Waals surface area (Å²) in [5, 5.41) is 0. The molecule has 7 nitrogen and oxygen atoms in total. The van der Waals surface area contributed by atoms with Gasteiger partial charge in [-0.15, -0.1) is 0 Å². The van der Waals surface area contributed by atoms with E-state index < -0.39 is 8.60 Å². The Morgan fingerprint density at radius 3 is 1.36 bits per heavy atom. The first-order chi connectivity index (χ1) is 10.6.